The van der Waals surface area contributed by atoms with Gasteiger partial charge in [0.2, 0.25) is 6.54 Å². The number of carbonyl (C=O) groups excluding carboxylic acids is 1. The first-order valence-corrected chi connectivity index (χ1v) is 7.73. The fraction of sp³-hybridized carbons (Fsp3) is 0.250. The SMILES string of the molecule is CSc1ccccc1NC(=O)C[n+]1cccc(C)c1C. The zero-order valence-electron chi connectivity index (χ0n) is 12.0. The lowest BCUT2D eigenvalue weighted by atomic mass is 10.2. The normalized spacial score (nSPS) is 10.3. The predicted octanol–water partition coefficient (Wildman–Crippen LogP) is 2.95. The van der Waals surface area contributed by atoms with Gasteiger partial charge in [-0.1, -0.05) is 12.1 Å². The Kier molecular flexibility index (Phi) is 4.79. The number of anilines is 1. The van der Waals surface area contributed by atoms with E-state index < -0.39 is 0 Å². The summed E-state index contributed by atoms with van der Waals surface area (Å²) in [6.07, 6.45) is 3.94. The van der Waals surface area contributed by atoms with E-state index in [0.29, 0.717) is 6.54 Å². The quantitative estimate of drug-likeness (QED) is 0.693. The summed E-state index contributed by atoms with van der Waals surface area (Å²) in [5, 5.41) is 2.98. The van der Waals surface area contributed by atoms with Crippen molar-refractivity contribution in [3.05, 3.63) is 53.9 Å². The minimum Gasteiger partial charge on any atom is -0.320 e. The molecule has 0 fully saturated rings. The molecule has 0 saturated carbocycles. The molecular weight excluding hydrogens is 268 g/mol. The number of benzene rings is 1. The Morgan fingerprint density at radius 2 is 1.95 bits per heavy atom. The lowest BCUT2D eigenvalue weighted by Gasteiger charge is -2.08. The van der Waals surface area contributed by atoms with E-state index in [0.717, 1.165) is 16.3 Å². The van der Waals surface area contributed by atoms with Gasteiger partial charge >= 0.3 is 0 Å². The highest BCUT2D eigenvalue weighted by Crippen LogP contribution is 2.24. The Morgan fingerprint density at radius 1 is 1.20 bits per heavy atom. The molecule has 0 spiro atoms. The number of pyridine rings is 1. The Hall–Kier alpha value is -1.81. The summed E-state index contributed by atoms with van der Waals surface area (Å²) < 4.78 is 1.96. The van der Waals surface area contributed by atoms with Crippen LogP contribution < -0.4 is 9.88 Å². The van der Waals surface area contributed by atoms with Crippen LogP contribution in [-0.2, 0) is 11.3 Å². The zero-order chi connectivity index (χ0) is 14.5. The Bertz CT molecular complexity index is 626. The smallest absolute Gasteiger partial charge is 0.290 e. The van der Waals surface area contributed by atoms with Gasteiger partial charge in [-0.15, -0.1) is 11.8 Å². The minimum atomic E-state index is -0.00907. The third-order valence-corrected chi connectivity index (χ3v) is 4.10. The highest BCUT2D eigenvalue weighted by atomic mass is 32.2. The molecule has 1 N–H and O–H groups in total. The van der Waals surface area contributed by atoms with Crippen molar-refractivity contribution in [2.45, 2.75) is 25.3 Å². The number of hydrogen-bond acceptors (Lipinski definition) is 2. The number of amides is 1. The highest BCUT2D eigenvalue weighted by molar-refractivity contribution is 7.98. The maximum absolute atomic E-state index is 12.2. The second kappa shape index (κ2) is 6.57. The summed E-state index contributed by atoms with van der Waals surface area (Å²) in [5.74, 6) is -0.00907. The van der Waals surface area contributed by atoms with Gasteiger partial charge in [0.25, 0.3) is 5.91 Å². The number of nitrogens with one attached hydrogen (secondary N) is 1. The van der Waals surface area contributed by atoms with Crippen molar-refractivity contribution in [2.24, 2.45) is 0 Å². The van der Waals surface area contributed by atoms with Gasteiger partial charge in [-0.2, -0.15) is 4.57 Å². The summed E-state index contributed by atoms with van der Waals surface area (Å²) >= 11 is 1.63. The molecule has 0 atom stereocenters. The van der Waals surface area contributed by atoms with Gasteiger partial charge in [0.05, 0.1) is 5.69 Å². The van der Waals surface area contributed by atoms with Crippen molar-refractivity contribution in [1.82, 2.24) is 0 Å². The van der Waals surface area contributed by atoms with Crippen molar-refractivity contribution in [3.63, 3.8) is 0 Å². The van der Waals surface area contributed by atoms with E-state index in [1.807, 2.05) is 67.3 Å². The Morgan fingerprint density at radius 3 is 2.70 bits per heavy atom. The van der Waals surface area contributed by atoms with Crippen molar-refractivity contribution < 1.29 is 9.36 Å². The van der Waals surface area contributed by atoms with E-state index in [4.69, 9.17) is 0 Å². The monoisotopic (exact) mass is 287 g/mol. The van der Waals surface area contributed by atoms with Crippen LogP contribution in [-0.4, -0.2) is 12.2 Å². The average Bonchev–Trinajstić information content (AvgIpc) is 2.44. The minimum absolute atomic E-state index is 0.00907. The molecule has 2 aromatic rings. The molecule has 2 rings (SSSR count). The first kappa shape index (κ1) is 14.6. The summed E-state index contributed by atoms with van der Waals surface area (Å²) in [4.78, 5) is 13.2. The fourth-order valence-corrected chi connectivity index (χ4v) is 2.57. The van der Waals surface area contributed by atoms with Crippen LogP contribution in [0.1, 0.15) is 11.3 Å². The number of carbonyl (C=O) groups is 1. The zero-order valence-corrected chi connectivity index (χ0v) is 12.8. The van der Waals surface area contributed by atoms with E-state index in [9.17, 15) is 4.79 Å². The van der Waals surface area contributed by atoms with Gasteiger partial charge in [0, 0.05) is 23.4 Å². The van der Waals surface area contributed by atoms with E-state index in [1.165, 1.54) is 5.56 Å². The van der Waals surface area contributed by atoms with E-state index in [2.05, 4.69) is 5.32 Å². The summed E-state index contributed by atoms with van der Waals surface area (Å²) in [7, 11) is 0. The van der Waals surface area contributed by atoms with Crippen molar-refractivity contribution in [2.75, 3.05) is 11.6 Å². The lowest BCUT2D eigenvalue weighted by molar-refractivity contribution is -0.690. The third kappa shape index (κ3) is 3.39. The number of nitrogens with zero attached hydrogens (tertiary/aromatic N) is 1. The third-order valence-electron chi connectivity index (χ3n) is 3.31. The van der Waals surface area contributed by atoms with Crippen molar-refractivity contribution in [3.8, 4) is 0 Å². The van der Waals surface area contributed by atoms with Crippen molar-refractivity contribution >= 4 is 23.4 Å². The maximum atomic E-state index is 12.2. The first-order chi connectivity index (χ1) is 9.61. The van der Waals surface area contributed by atoms with Gasteiger partial charge < -0.3 is 5.32 Å². The number of thioether (sulfide) groups is 1. The van der Waals surface area contributed by atoms with Gasteiger partial charge in [0.15, 0.2) is 11.9 Å². The van der Waals surface area contributed by atoms with Gasteiger partial charge in [-0.25, -0.2) is 0 Å². The van der Waals surface area contributed by atoms with Gasteiger partial charge in [0.1, 0.15) is 0 Å². The number of hydrogen-bond donors (Lipinski definition) is 1. The van der Waals surface area contributed by atoms with Crippen LogP contribution in [0, 0.1) is 13.8 Å². The Labute approximate surface area is 124 Å². The molecule has 104 valence electrons. The highest BCUT2D eigenvalue weighted by Gasteiger charge is 2.14. The van der Waals surface area contributed by atoms with E-state index in [-0.39, 0.29) is 5.91 Å². The molecule has 1 amide bonds. The van der Waals surface area contributed by atoms with Crippen LogP contribution in [0.5, 0.6) is 0 Å². The number of para-hydroxylation sites is 1. The molecule has 4 heteroatoms. The van der Waals surface area contributed by atoms with Crippen LogP contribution in [0.2, 0.25) is 0 Å². The topological polar surface area (TPSA) is 33.0 Å². The molecule has 0 unspecified atom stereocenters. The lowest BCUT2D eigenvalue weighted by Crippen LogP contribution is -2.43. The van der Waals surface area contributed by atoms with Crippen LogP contribution in [0.15, 0.2) is 47.5 Å². The fourth-order valence-electron chi connectivity index (χ4n) is 2.01. The van der Waals surface area contributed by atoms with Crippen LogP contribution >= 0.6 is 11.8 Å². The van der Waals surface area contributed by atoms with Gasteiger partial charge in [-0.3, -0.25) is 4.79 Å². The maximum Gasteiger partial charge on any atom is 0.290 e. The van der Waals surface area contributed by atoms with Gasteiger partial charge in [-0.05, 0) is 31.4 Å². The van der Waals surface area contributed by atoms with Crippen LogP contribution in [0.3, 0.4) is 0 Å². The summed E-state index contributed by atoms with van der Waals surface area (Å²) in [6.45, 7) is 4.40. The van der Waals surface area contributed by atoms with Crippen LogP contribution in [0.4, 0.5) is 5.69 Å². The second-order valence-electron chi connectivity index (χ2n) is 4.65. The average molecular weight is 287 g/mol. The molecule has 0 aliphatic rings. The standard InChI is InChI=1S/C16H18N2OS/c1-12-7-6-10-18(13(12)2)11-16(19)17-14-8-4-5-9-15(14)20-3/h4-10H,11H2,1-3H3/p+1. The molecule has 1 aromatic carbocycles. The van der Waals surface area contributed by atoms with E-state index in [1.54, 1.807) is 11.8 Å². The molecule has 1 heterocycles. The second-order valence-corrected chi connectivity index (χ2v) is 5.50. The largest absolute Gasteiger partial charge is 0.320 e. The molecule has 3 nitrogen and oxygen atoms in total. The predicted molar refractivity (Wildman–Crippen MR) is 83.0 cm³/mol. The van der Waals surface area contributed by atoms with Crippen LogP contribution in [0.25, 0.3) is 0 Å². The molecule has 0 bridgehead atoms. The molecule has 0 aliphatic heterocycles. The van der Waals surface area contributed by atoms with Crippen molar-refractivity contribution in [1.29, 1.82) is 0 Å². The number of rotatable bonds is 4. The molecule has 0 radical (unpaired) electrons. The first-order valence-electron chi connectivity index (χ1n) is 6.50. The number of aromatic nitrogens is 1. The molecule has 1 aromatic heterocycles. The Balaban J connectivity index is 2.11. The molecule has 20 heavy (non-hydrogen) atoms. The molecule has 0 aliphatic carbocycles. The number of aryl methyl sites for hydroxylation is 1. The molecule has 0 saturated heterocycles. The van der Waals surface area contributed by atoms with E-state index >= 15 is 0 Å². The summed E-state index contributed by atoms with van der Waals surface area (Å²) in [5.41, 5.74) is 3.17. The molecular formula is C16H19N2OS+. The summed E-state index contributed by atoms with van der Waals surface area (Å²) in [6, 6.07) is 11.8.